The van der Waals surface area contributed by atoms with Crippen LogP contribution in [0.4, 0.5) is 8.78 Å². The first-order chi connectivity index (χ1) is 8.14. The molecule has 98 valence electrons. The quantitative estimate of drug-likeness (QED) is 0.550. The summed E-state index contributed by atoms with van der Waals surface area (Å²) in [6.45, 7) is 0.848. The molecule has 2 nitrogen and oxygen atoms in total. The lowest BCUT2D eigenvalue weighted by Crippen LogP contribution is -2.22. The minimum Gasteiger partial charge on any atom is -0.353 e. The van der Waals surface area contributed by atoms with Gasteiger partial charge in [-0.05, 0) is 31.4 Å². The number of hydrogen-bond donors (Lipinski definition) is 0. The topological polar surface area (TPSA) is 18.5 Å². The molecule has 1 rings (SSSR count). The van der Waals surface area contributed by atoms with Crippen molar-refractivity contribution in [1.82, 2.24) is 0 Å². The third-order valence-corrected chi connectivity index (χ3v) is 2.66. The van der Waals surface area contributed by atoms with E-state index in [-0.39, 0.29) is 12.9 Å². The van der Waals surface area contributed by atoms with Crippen molar-refractivity contribution in [1.29, 1.82) is 0 Å². The number of hydrogen-bond acceptors (Lipinski definition) is 2. The van der Waals surface area contributed by atoms with E-state index in [4.69, 9.17) is 9.47 Å². The second-order valence-electron chi connectivity index (χ2n) is 3.76. The van der Waals surface area contributed by atoms with E-state index in [0.717, 1.165) is 31.4 Å². The SMILES string of the molecule is FC(F)(/C=C/CBr)/C=C/COC1CCCCO1. The van der Waals surface area contributed by atoms with Gasteiger partial charge in [-0.2, -0.15) is 8.78 Å². The monoisotopic (exact) mass is 310 g/mol. The van der Waals surface area contributed by atoms with Crippen molar-refractivity contribution in [3.8, 4) is 0 Å². The van der Waals surface area contributed by atoms with Gasteiger partial charge in [0.2, 0.25) is 0 Å². The van der Waals surface area contributed by atoms with Gasteiger partial charge in [-0.3, -0.25) is 0 Å². The number of ether oxygens (including phenoxy) is 2. The van der Waals surface area contributed by atoms with Crippen LogP contribution in [0.25, 0.3) is 0 Å². The van der Waals surface area contributed by atoms with Gasteiger partial charge in [0, 0.05) is 11.9 Å². The van der Waals surface area contributed by atoms with E-state index in [1.165, 1.54) is 12.2 Å². The highest BCUT2D eigenvalue weighted by molar-refractivity contribution is 9.09. The van der Waals surface area contributed by atoms with Crippen LogP contribution in [0.5, 0.6) is 0 Å². The van der Waals surface area contributed by atoms with Gasteiger partial charge in [0.25, 0.3) is 5.92 Å². The normalized spacial score (nSPS) is 22.6. The lowest BCUT2D eigenvalue weighted by molar-refractivity contribution is -0.155. The molecule has 0 aromatic carbocycles. The summed E-state index contributed by atoms with van der Waals surface area (Å²) >= 11 is 3.05. The molecule has 0 radical (unpaired) electrons. The van der Waals surface area contributed by atoms with Gasteiger partial charge in [0.1, 0.15) is 0 Å². The molecule has 0 saturated carbocycles. The van der Waals surface area contributed by atoms with Gasteiger partial charge < -0.3 is 9.47 Å². The van der Waals surface area contributed by atoms with E-state index in [0.29, 0.717) is 11.9 Å². The van der Waals surface area contributed by atoms with E-state index in [9.17, 15) is 8.78 Å². The number of halogens is 3. The van der Waals surface area contributed by atoms with Crippen LogP contribution < -0.4 is 0 Å². The van der Waals surface area contributed by atoms with Crippen LogP contribution >= 0.6 is 15.9 Å². The third kappa shape index (κ3) is 6.91. The van der Waals surface area contributed by atoms with Crippen molar-refractivity contribution in [3.05, 3.63) is 24.3 Å². The summed E-state index contributed by atoms with van der Waals surface area (Å²) in [4.78, 5) is 0. The van der Waals surface area contributed by atoms with E-state index in [1.54, 1.807) is 0 Å². The Labute approximate surface area is 109 Å². The van der Waals surface area contributed by atoms with Crippen molar-refractivity contribution < 1.29 is 18.3 Å². The molecule has 5 heteroatoms. The molecule has 0 aliphatic carbocycles. The molecule has 1 unspecified atom stereocenters. The molecule has 17 heavy (non-hydrogen) atoms. The summed E-state index contributed by atoms with van der Waals surface area (Å²) < 4.78 is 36.8. The molecule has 0 aromatic heterocycles. The van der Waals surface area contributed by atoms with E-state index < -0.39 is 5.92 Å². The maximum Gasteiger partial charge on any atom is 0.285 e. The molecule has 0 amide bonds. The molecule has 1 fully saturated rings. The van der Waals surface area contributed by atoms with Crippen molar-refractivity contribution in [3.63, 3.8) is 0 Å². The number of alkyl halides is 3. The van der Waals surface area contributed by atoms with Gasteiger partial charge in [0.05, 0.1) is 6.61 Å². The zero-order valence-electron chi connectivity index (χ0n) is 9.58. The van der Waals surface area contributed by atoms with Crippen LogP contribution in [0.15, 0.2) is 24.3 Å². The second kappa shape index (κ2) is 7.95. The van der Waals surface area contributed by atoms with Crippen LogP contribution in [-0.2, 0) is 9.47 Å². The van der Waals surface area contributed by atoms with E-state index in [2.05, 4.69) is 15.9 Å². The Balaban J connectivity index is 2.22. The summed E-state index contributed by atoms with van der Waals surface area (Å²) in [5.74, 6) is -2.91. The Morgan fingerprint density at radius 3 is 2.71 bits per heavy atom. The predicted octanol–water partition coefficient (Wildman–Crippen LogP) is 3.67. The molecular formula is C12H17BrF2O2. The number of allylic oxidation sites excluding steroid dienone is 3. The average molecular weight is 311 g/mol. The summed E-state index contributed by atoms with van der Waals surface area (Å²) in [6, 6.07) is 0. The maximum absolute atomic E-state index is 13.1. The van der Waals surface area contributed by atoms with Gasteiger partial charge in [0.15, 0.2) is 6.29 Å². The minimum absolute atomic E-state index is 0.155. The fourth-order valence-corrected chi connectivity index (χ4v) is 1.65. The maximum atomic E-state index is 13.1. The highest BCUT2D eigenvalue weighted by atomic mass is 79.9. The third-order valence-electron chi connectivity index (χ3n) is 2.29. The molecular weight excluding hydrogens is 294 g/mol. The summed E-state index contributed by atoms with van der Waals surface area (Å²) in [5, 5.41) is 0.419. The molecule has 1 heterocycles. The Morgan fingerprint density at radius 2 is 2.06 bits per heavy atom. The summed E-state index contributed by atoms with van der Waals surface area (Å²) in [6.07, 6.45) is 7.12. The Kier molecular flexibility index (Phi) is 6.92. The molecule has 0 aromatic rings. The standard InChI is InChI=1S/C12H17BrF2O2/c13-8-3-6-12(14,15)7-4-10-17-11-5-1-2-9-16-11/h3-4,6-7,11H,1-2,5,8-10H2/b6-3+,7-4+. The molecule has 0 N–H and O–H groups in total. The largest absolute Gasteiger partial charge is 0.353 e. The van der Waals surface area contributed by atoms with E-state index >= 15 is 0 Å². The highest BCUT2D eigenvalue weighted by Crippen LogP contribution is 2.18. The zero-order valence-corrected chi connectivity index (χ0v) is 11.2. The second-order valence-corrected chi connectivity index (χ2v) is 4.41. The van der Waals surface area contributed by atoms with Crippen molar-refractivity contribution in [2.45, 2.75) is 31.5 Å². The Hall–Kier alpha value is -0.260. The van der Waals surface area contributed by atoms with Gasteiger partial charge in [-0.15, -0.1) is 0 Å². The average Bonchev–Trinajstić information content (AvgIpc) is 2.34. The highest BCUT2D eigenvalue weighted by Gasteiger charge is 2.19. The van der Waals surface area contributed by atoms with Crippen LogP contribution in [-0.4, -0.2) is 30.8 Å². The van der Waals surface area contributed by atoms with Crippen molar-refractivity contribution >= 4 is 15.9 Å². The molecule has 1 aliphatic heterocycles. The molecule has 1 atom stereocenters. The summed E-state index contributed by atoms with van der Waals surface area (Å²) in [5.41, 5.74) is 0. The zero-order chi connectivity index (χ0) is 12.6. The number of rotatable bonds is 6. The van der Waals surface area contributed by atoms with Crippen LogP contribution in [0.2, 0.25) is 0 Å². The van der Waals surface area contributed by atoms with Crippen LogP contribution in [0, 0.1) is 0 Å². The van der Waals surface area contributed by atoms with E-state index in [1.807, 2.05) is 0 Å². The first-order valence-electron chi connectivity index (χ1n) is 5.66. The fourth-order valence-electron chi connectivity index (χ4n) is 1.47. The lowest BCUT2D eigenvalue weighted by Gasteiger charge is -2.21. The minimum atomic E-state index is -2.91. The van der Waals surface area contributed by atoms with Crippen molar-refractivity contribution in [2.75, 3.05) is 18.5 Å². The first kappa shape index (κ1) is 14.8. The van der Waals surface area contributed by atoms with Crippen LogP contribution in [0.1, 0.15) is 19.3 Å². The smallest absolute Gasteiger partial charge is 0.285 e. The molecule has 0 bridgehead atoms. The molecule has 0 spiro atoms. The van der Waals surface area contributed by atoms with Gasteiger partial charge >= 0.3 is 0 Å². The first-order valence-corrected chi connectivity index (χ1v) is 6.78. The lowest BCUT2D eigenvalue weighted by atomic mass is 10.2. The fraction of sp³-hybridized carbons (Fsp3) is 0.667. The summed E-state index contributed by atoms with van der Waals surface area (Å²) in [7, 11) is 0. The Bertz CT molecular complexity index is 261. The molecule has 1 saturated heterocycles. The van der Waals surface area contributed by atoms with Gasteiger partial charge in [-0.25, -0.2) is 0 Å². The van der Waals surface area contributed by atoms with Crippen LogP contribution in [0.3, 0.4) is 0 Å². The predicted molar refractivity (Wildman–Crippen MR) is 66.6 cm³/mol. The molecule has 1 aliphatic rings. The van der Waals surface area contributed by atoms with Crippen molar-refractivity contribution in [2.24, 2.45) is 0 Å². The Morgan fingerprint density at radius 1 is 1.29 bits per heavy atom. The van der Waals surface area contributed by atoms with Gasteiger partial charge in [-0.1, -0.05) is 28.1 Å².